The molecule has 162 valence electrons. The van der Waals surface area contributed by atoms with Gasteiger partial charge in [0.15, 0.2) is 0 Å². The molecule has 0 spiro atoms. The summed E-state index contributed by atoms with van der Waals surface area (Å²) < 4.78 is 16.1. The lowest BCUT2D eigenvalue weighted by atomic mass is 10.0. The van der Waals surface area contributed by atoms with Crippen molar-refractivity contribution in [2.45, 2.75) is 19.3 Å². The first-order chi connectivity index (χ1) is 15.6. The number of esters is 2. The van der Waals surface area contributed by atoms with E-state index < -0.39 is 11.9 Å². The van der Waals surface area contributed by atoms with E-state index in [9.17, 15) is 9.59 Å². The minimum Gasteiger partial charge on any atom is -0.494 e. The van der Waals surface area contributed by atoms with Crippen LogP contribution in [0, 0.1) is 11.3 Å². The Kier molecular flexibility index (Phi) is 7.99. The average Bonchev–Trinajstić information content (AvgIpc) is 3.03. The van der Waals surface area contributed by atoms with Gasteiger partial charge < -0.3 is 14.2 Å². The summed E-state index contributed by atoms with van der Waals surface area (Å²) in [4.78, 5) is 23.4. The molecular weight excluding hydrogens is 406 g/mol. The molecule has 0 saturated carbocycles. The molecule has 2 aromatic rings. The van der Waals surface area contributed by atoms with Crippen molar-refractivity contribution in [2.75, 3.05) is 13.2 Å². The molecule has 0 heterocycles. The van der Waals surface area contributed by atoms with Crippen molar-refractivity contribution >= 4 is 18.0 Å². The summed E-state index contributed by atoms with van der Waals surface area (Å²) in [5.74, 6) is 0.213. The Morgan fingerprint density at radius 2 is 1.84 bits per heavy atom. The summed E-state index contributed by atoms with van der Waals surface area (Å²) >= 11 is 0. The Balaban J connectivity index is 1.47. The lowest BCUT2D eigenvalue weighted by Gasteiger charge is -2.08. The molecule has 0 aromatic heterocycles. The normalized spacial score (nSPS) is 11.9. The van der Waals surface area contributed by atoms with E-state index in [-0.39, 0.29) is 0 Å². The number of nitrogens with zero attached hydrogens (tertiary/aromatic N) is 1. The number of allylic oxidation sites excluding steroid dienone is 2. The van der Waals surface area contributed by atoms with Crippen LogP contribution in [0.2, 0.25) is 0 Å². The van der Waals surface area contributed by atoms with E-state index in [2.05, 4.69) is 12.6 Å². The van der Waals surface area contributed by atoms with Gasteiger partial charge in [-0.05, 0) is 78.9 Å². The minimum absolute atomic E-state index is 0.327. The molecule has 32 heavy (non-hydrogen) atoms. The first kappa shape index (κ1) is 22.6. The van der Waals surface area contributed by atoms with Crippen LogP contribution in [-0.2, 0) is 20.7 Å². The van der Waals surface area contributed by atoms with Gasteiger partial charge in [-0.25, -0.2) is 9.59 Å². The first-order valence-corrected chi connectivity index (χ1v) is 10.2. The predicted molar refractivity (Wildman–Crippen MR) is 120 cm³/mol. The zero-order valence-electron chi connectivity index (χ0n) is 17.6. The van der Waals surface area contributed by atoms with Crippen LogP contribution >= 0.6 is 0 Å². The zero-order chi connectivity index (χ0) is 22.8. The molecule has 2 aromatic carbocycles. The lowest BCUT2D eigenvalue weighted by molar-refractivity contribution is -0.137. The van der Waals surface area contributed by atoms with E-state index in [1.807, 2.05) is 24.3 Å². The van der Waals surface area contributed by atoms with Gasteiger partial charge in [0.05, 0.1) is 30.4 Å². The quantitative estimate of drug-likeness (QED) is 0.325. The molecule has 1 aliphatic carbocycles. The van der Waals surface area contributed by atoms with Gasteiger partial charge in [0.25, 0.3) is 0 Å². The Bertz CT molecular complexity index is 1090. The maximum Gasteiger partial charge on any atom is 0.343 e. The topological polar surface area (TPSA) is 85.6 Å². The predicted octanol–water partition coefficient (Wildman–Crippen LogP) is 4.76. The van der Waals surface area contributed by atoms with Gasteiger partial charge in [-0.3, -0.25) is 0 Å². The summed E-state index contributed by atoms with van der Waals surface area (Å²) in [6, 6.07) is 14.4. The van der Waals surface area contributed by atoms with Crippen molar-refractivity contribution in [2.24, 2.45) is 0 Å². The third-order valence-corrected chi connectivity index (χ3v) is 4.74. The highest BCUT2D eigenvalue weighted by Gasteiger charge is 2.12. The van der Waals surface area contributed by atoms with Gasteiger partial charge in [0, 0.05) is 6.08 Å². The van der Waals surface area contributed by atoms with Crippen molar-refractivity contribution in [1.29, 1.82) is 5.26 Å². The van der Waals surface area contributed by atoms with E-state index in [4.69, 9.17) is 19.5 Å². The molecular formula is C26H23NO5. The molecule has 0 radical (unpaired) electrons. The Morgan fingerprint density at radius 3 is 2.59 bits per heavy atom. The molecule has 0 unspecified atom stereocenters. The van der Waals surface area contributed by atoms with Crippen LogP contribution in [0.1, 0.15) is 39.9 Å². The smallest absolute Gasteiger partial charge is 0.343 e. The van der Waals surface area contributed by atoms with Crippen LogP contribution in [0.25, 0.3) is 6.08 Å². The molecule has 0 aliphatic heterocycles. The van der Waals surface area contributed by atoms with Crippen LogP contribution in [-0.4, -0.2) is 25.2 Å². The molecule has 3 rings (SSSR count). The van der Waals surface area contributed by atoms with Crippen LogP contribution in [0.3, 0.4) is 0 Å². The fourth-order valence-corrected chi connectivity index (χ4v) is 3.01. The highest BCUT2D eigenvalue weighted by molar-refractivity contribution is 5.90. The summed E-state index contributed by atoms with van der Waals surface area (Å²) in [5, 5.41) is 9.05. The van der Waals surface area contributed by atoms with Gasteiger partial charge in [0.2, 0.25) is 0 Å². The minimum atomic E-state index is -0.458. The van der Waals surface area contributed by atoms with E-state index >= 15 is 0 Å². The number of carbonyl (C=O) groups excluding carboxylic acids is 2. The maximum absolute atomic E-state index is 12.5. The molecule has 1 aliphatic rings. The third-order valence-electron chi connectivity index (χ3n) is 4.74. The van der Waals surface area contributed by atoms with Gasteiger partial charge in [-0.1, -0.05) is 18.7 Å². The van der Waals surface area contributed by atoms with Gasteiger partial charge in [0.1, 0.15) is 11.5 Å². The van der Waals surface area contributed by atoms with Crippen molar-refractivity contribution in [1.82, 2.24) is 0 Å². The molecule has 0 atom stereocenters. The van der Waals surface area contributed by atoms with E-state index in [0.29, 0.717) is 48.7 Å². The number of unbranched alkanes of at least 4 members (excludes halogenated alkanes) is 1. The molecule has 0 amide bonds. The Labute approximate surface area is 187 Å². The molecule has 0 saturated heterocycles. The second-order valence-electron chi connectivity index (χ2n) is 7.01. The van der Waals surface area contributed by atoms with Crippen molar-refractivity contribution < 1.29 is 23.8 Å². The molecule has 0 N–H and O–H groups in total. The second kappa shape index (κ2) is 11.3. The van der Waals surface area contributed by atoms with E-state index in [1.165, 1.54) is 0 Å². The number of ether oxygens (including phenoxy) is 3. The van der Waals surface area contributed by atoms with Gasteiger partial charge in [-0.15, -0.1) is 0 Å². The van der Waals surface area contributed by atoms with Crippen molar-refractivity contribution in [3.8, 4) is 11.8 Å². The van der Waals surface area contributed by atoms with E-state index in [1.54, 1.807) is 36.4 Å². The number of benzene rings is 2. The molecule has 0 fully saturated rings. The average molecular weight is 429 g/mol. The maximum atomic E-state index is 12.5. The highest BCUT2D eigenvalue weighted by Crippen LogP contribution is 2.21. The standard InChI is InChI=1S/C26H23NO5/c1-2-25(28)31-16-4-3-15-30-23-11-8-21(9-12-23)26(29)32-24-13-7-20-6-5-19(18-27)17-22(20)10-14-24/h2,5-6,8-14,17H,1,3-4,7,15-16H2. The van der Waals surface area contributed by atoms with Crippen LogP contribution in [0.4, 0.5) is 0 Å². The highest BCUT2D eigenvalue weighted by atomic mass is 16.5. The summed E-state index contributed by atoms with van der Waals surface area (Å²) in [6.07, 6.45) is 8.58. The largest absolute Gasteiger partial charge is 0.494 e. The lowest BCUT2D eigenvalue weighted by Crippen LogP contribution is -2.05. The Morgan fingerprint density at radius 1 is 1.06 bits per heavy atom. The van der Waals surface area contributed by atoms with Crippen LogP contribution in [0.5, 0.6) is 5.75 Å². The molecule has 6 nitrogen and oxygen atoms in total. The zero-order valence-corrected chi connectivity index (χ0v) is 17.6. The number of hydrogen-bond acceptors (Lipinski definition) is 6. The number of hydrogen-bond donors (Lipinski definition) is 0. The number of rotatable bonds is 9. The van der Waals surface area contributed by atoms with Crippen LogP contribution in [0.15, 0.2) is 73.0 Å². The van der Waals surface area contributed by atoms with E-state index in [0.717, 1.165) is 23.6 Å². The Hall–Kier alpha value is -4.11. The number of carbonyl (C=O) groups is 2. The first-order valence-electron chi connectivity index (χ1n) is 10.2. The van der Waals surface area contributed by atoms with Crippen LogP contribution < -0.4 is 4.74 Å². The third kappa shape index (κ3) is 6.44. The summed E-state index contributed by atoms with van der Waals surface area (Å²) in [5.41, 5.74) is 3.00. The van der Waals surface area contributed by atoms with Gasteiger partial charge >= 0.3 is 11.9 Å². The second-order valence-corrected chi connectivity index (χ2v) is 7.01. The summed E-state index contributed by atoms with van der Waals surface area (Å²) in [7, 11) is 0. The van der Waals surface area contributed by atoms with Gasteiger partial charge in [-0.2, -0.15) is 5.26 Å². The molecule has 0 bridgehead atoms. The molecule has 6 heteroatoms. The van der Waals surface area contributed by atoms with Crippen molar-refractivity contribution in [3.63, 3.8) is 0 Å². The SMILES string of the molecule is C=CC(=O)OCCCCOc1ccc(C(=O)OC2=CCc3ccc(C#N)cc3C=C2)cc1. The number of fused-ring (bicyclic) bond motifs is 1. The number of nitriles is 1. The van der Waals surface area contributed by atoms with Crippen molar-refractivity contribution in [3.05, 3.63) is 95.3 Å². The fourth-order valence-electron chi connectivity index (χ4n) is 3.01. The fraction of sp³-hybridized carbons (Fsp3) is 0.192. The monoisotopic (exact) mass is 429 g/mol. The summed E-state index contributed by atoms with van der Waals surface area (Å²) in [6.45, 7) is 4.14.